The van der Waals surface area contributed by atoms with Gasteiger partial charge in [-0.05, 0) is 64.8 Å². The molecule has 1 N–H and O–H groups in total. The van der Waals surface area contributed by atoms with E-state index >= 15 is 0 Å². The van der Waals surface area contributed by atoms with Crippen molar-refractivity contribution < 1.29 is 23.4 Å². The minimum absolute atomic E-state index is 0.0900. The predicted molar refractivity (Wildman–Crippen MR) is 136 cm³/mol. The Morgan fingerprint density at radius 2 is 2.03 bits per heavy atom. The van der Waals surface area contributed by atoms with Crippen molar-refractivity contribution in [2.75, 3.05) is 24.7 Å². The Morgan fingerprint density at radius 1 is 1.16 bits per heavy atom. The van der Waals surface area contributed by atoms with E-state index in [9.17, 15) is 18.7 Å². The van der Waals surface area contributed by atoms with Crippen LogP contribution in [0.3, 0.4) is 0 Å². The smallest absolute Gasteiger partial charge is 0.354 e. The Morgan fingerprint density at radius 3 is 2.73 bits per heavy atom. The normalized spacial score (nSPS) is 15.4. The largest absolute Gasteiger partial charge is 0.477 e. The molecule has 0 radical (unpaired) electrons. The van der Waals surface area contributed by atoms with Crippen LogP contribution in [0.4, 0.5) is 20.3 Å². The molecule has 0 bridgehead atoms. The summed E-state index contributed by atoms with van der Waals surface area (Å²) in [5.74, 6) is -0.692. The second-order valence-electron chi connectivity index (χ2n) is 9.34. The zero-order valence-corrected chi connectivity index (χ0v) is 20.1. The molecule has 6 rings (SSSR count). The first-order valence-corrected chi connectivity index (χ1v) is 12.1. The lowest BCUT2D eigenvalue weighted by Crippen LogP contribution is -2.26. The van der Waals surface area contributed by atoms with E-state index < -0.39 is 12.4 Å². The zero-order chi connectivity index (χ0) is 25.7. The van der Waals surface area contributed by atoms with E-state index in [1.165, 1.54) is 6.07 Å². The fourth-order valence-electron chi connectivity index (χ4n) is 5.20. The molecular weight excluding hydrogens is 478 g/mol. The van der Waals surface area contributed by atoms with E-state index in [0.29, 0.717) is 42.4 Å². The number of halogens is 2. The van der Waals surface area contributed by atoms with Crippen molar-refractivity contribution in [3.8, 4) is 11.1 Å². The number of fused-ring (bicyclic) bond motifs is 2. The van der Waals surface area contributed by atoms with Gasteiger partial charge >= 0.3 is 5.97 Å². The molecule has 188 valence electrons. The zero-order valence-electron chi connectivity index (χ0n) is 20.1. The molecular formula is C28H24F2N4O3. The number of hydrogen-bond donors (Lipinski definition) is 1. The van der Waals surface area contributed by atoms with Gasteiger partial charge in [0, 0.05) is 42.0 Å². The van der Waals surface area contributed by atoms with Crippen molar-refractivity contribution in [2.45, 2.75) is 19.3 Å². The molecule has 0 atom stereocenters. The Kier molecular flexibility index (Phi) is 5.72. The summed E-state index contributed by atoms with van der Waals surface area (Å²) in [5.41, 5.74) is 4.45. The number of hydrogen-bond acceptors (Lipinski definition) is 5. The summed E-state index contributed by atoms with van der Waals surface area (Å²) in [7, 11) is 1.75. The number of anilines is 2. The molecule has 7 nitrogen and oxygen atoms in total. The number of carboxylic acids is 1. The summed E-state index contributed by atoms with van der Waals surface area (Å²) in [6, 6.07) is 10.7. The maximum atomic E-state index is 14.3. The molecule has 2 aromatic heterocycles. The molecule has 0 fully saturated rings. The van der Waals surface area contributed by atoms with Crippen LogP contribution in [0.25, 0.3) is 27.5 Å². The number of aryl methyl sites for hydroxylation is 2. The first kappa shape index (κ1) is 23.3. The number of carboxylic acid groups (broad SMARTS) is 1. The molecule has 0 saturated carbocycles. The molecule has 4 aromatic rings. The Hall–Kier alpha value is -4.11. The van der Waals surface area contributed by atoms with Gasteiger partial charge in [0.1, 0.15) is 5.82 Å². The number of rotatable bonds is 5. The predicted octanol–water partition coefficient (Wildman–Crippen LogP) is 5.77. The lowest BCUT2D eigenvalue weighted by molar-refractivity contribution is 0.0690. The summed E-state index contributed by atoms with van der Waals surface area (Å²) in [6.45, 7) is 1.59. The number of aromatic nitrogens is 3. The highest BCUT2D eigenvalue weighted by Crippen LogP contribution is 2.42. The third kappa shape index (κ3) is 4.15. The van der Waals surface area contributed by atoms with E-state index in [-0.39, 0.29) is 11.3 Å². The van der Waals surface area contributed by atoms with Crippen LogP contribution in [0.15, 0.2) is 54.9 Å². The molecule has 0 amide bonds. The Bertz CT molecular complexity index is 1580. The van der Waals surface area contributed by atoms with E-state index in [2.05, 4.69) is 10.1 Å². The van der Waals surface area contributed by atoms with Gasteiger partial charge in [-0.15, -0.1) is 0 Å². The van der Waals surface area contributed by atoms with Gasteiger partial charge in [0.25, 0.3) is 6.43 Å². The van der Waals surface area contributed by atoms with Crippen molar-refractivity contribution in [3.63, 3.8) is 0 Å². The third-order valence-electron chi connectivity index (χ3n) is 6.98. The number of carbonyl (C=O) groups is 1. The van der Waals surface area contributed by atoms with E-state index in [1.807, 2.05) is 35.2 Å². The van der Waals surface area contributed by atoms with Crippen LogP contribution in [0, 0.1) is 0 Å². The Balaban J connectivity index is 1.53. The minimum atomic E-state index is -2.69. The van der Waals surface area contributed by atoms with Crippen molar-refractivity contribution in [3.05, 3.63) is 77.3 Å². The van der Waals surface area contributed by atoms with Gasteiger partial charge in [-0.2, -0.15) is 5.10 Å². The number of pyridine rings is 1. The number of aromatic carboxylic acids is 1. The Labute approximate surface area is 211 Å². The molecule has 0 saturated heterocycles. The van der Waals surface area contributed by atoms with Crippen LogP contribution >= 0.6 is 0 Å². The van der Waals surface area contributed by atoms with Crippen molar-refractivity contribution >= 4 is 33.8 Å². The summed E-state index contributed by atoms with van der Waals surface area (Å²) in [6.07, 6.45) is 4.12. The fraction of sp³-hybridized carbons (Fsp3) is 0.250. The van der Waals surface area contributed by atoms with Crippen molar-refractivity contribution in [1.29, 1.82) is 0 Å². The van der Waals surface area contributed by atoms with E-state index in [0.717, 1.165) is 40.3 Å². The molecule has 9 heteroatoms. The van der Waals surface area contributed by atoms with Crippen molar-refractivity contribution in [2.24, 2.45) is 7.05 Å². The number of nitrogens with zero attached hydrogens (tertiary/aromatic N) is 4. The quantitative estimate of drug-likeness (QED) is 0.373. The lowest BCUT2D eigenvalue weighted by Gasteiger charge is -2.32. The van der Waals surface area contributed by atoms with Gasteiger partial charge in [-0.25, -0.2) is 18.6 Å². The van der Waals surface area contributed by atoms with Crippen LogP contribution in [0.1, 0.15) is 40.0 Å². The molecule has 2 aromatic carbocycles. The molecule has 37 heavy (non-hydrogen) atoms. The topological polar surface area (TPSA) is 80.5 Å². The average Bonchev–Trinajstić information content (AvgIpc) is 3.59. The van der Waals surface area contributed by atoms with Gasteiger partial charge < -0.3 is 14.7 Å². The van der Waals surface area contributed by atoms with Crippen LogP contribution in [-0.2, 0) is 18.2 Å². The standard InChI is InChI=1S/C28H24F2N4O3/c1-33-14-20(13-31-33)22-10-17-3-2-7-34(25(17)12-23(22)26(29)30)27-21-5-4-16(18-6-8-37-15-18)9-19(21)11-24(32-27)28(35)36/h4-6,9-14,26H,2-3,7-8,15H2,1H3,(H,35,36). The highest BCUT2D eigenvalue weighted by atomic mass is 19.3. The molecule has 4 heterocycles. The third-order valence-corrected chi connectivity index (χ3v) is 6.98. The highest BCUT2D eigenvalue weighted by Gasteiger charge is 2.27. The van der Waals surface area contributed by atoms with Crippen LogP contribution in [0.5, 0.6) is 0 Å². The number of alkyl halides is 2. The van der Waals surface area contributed by atoms with Gasteiger partial charge in [0.05, 0.1) is 19.4 Å². The van der Waals surface area contributed by atoms with Gasteiger partial charge in [-0.1, -0.05) is 18.2 Å². The maximum Gasteiger partial charge on any atom is 0.354 e. The first-order chi connectivity index (χ1) is 17.9. The molecule has 0 unspecified atom stereocenters. The SMILES string of the molecule is Cn1cc(-c2cc3c(cc2C(F)F)N(c2nc(C(=O)O)cc4cc(C5=CCOC5)ccc24)CCC3)cn1. The lowest BCUT2D eigenvalue weighted by atomic mass is 9.92. The van der Waals surface area contributed by atoms with E-state index in [1.54, 1.807) is 30.2 Å². The van der Waals surface area contributed by atoms with Gasteiger partial charge in [0.2, 0.25) is 0 Å². The minimum Gasteiger partial charge on any atom is -0.477 e. The molecule has 0 spiro atoms. The molecule has 2 aliphatic rings. The monoisotopic (exact) mass is 502 g/mol. The van der Waals surface area contributed by atoms with Crippen molar-refractivity contribution in [1.82, 2.24) is 14.8 Å². The fourth-order valence-corrected chi connectivity index (χ4v) is 5.20. The number of benzene rings is 2. The molecule has 0 aliphatic carbocycles. The maximum absolute atomic E-state index is 14.3. The highest BCUT2D eigenvalue weighted by molar-refractivity contribution is 6.00. The summed E-state index contributed by atoms with van der Waals surface area (Å²) >= 11 is 0. The average molecular weight is 503 g/mol. The molecule has 2 aliphatic heterocycles. The second-order valence-corrected chi connectivity index (χ2v) is 9.34. The second kappa shape index (κ2) is 9.08. The van der Waals surface area contributed by atoms with Crippen LogP contribution in [0.2, 0.25) is 0 Å². The summed E-state index contributed by atoms with van der Waals surface area (Å²) < 4.78 is 35.6. The summed E-state index contributed by atoms with van der Waals surface area (Å²) in [4.78, 5) is 18.4. The van der Waals surface area contributed by atoms with E-state index in [4.69, 9.17) is 4.74 Å². The van der Waals surface area contributed by atoms with Gasteiger partial charge in [0.15, 0.2) is 5.69 Å². The summed E-state index contributed by atoms with van der Waals surface area (Å²) in [5, 5.41) is 15.4. The van der Waals surface area contributed by atoms with Crippen LogP contribution in [-0.4, -0.2) is 45.6 Å². The first-order valence-electron chi connectivity index (χ1n) is 12.1. The van der Waals surface area contributed by atoms with Crippen LogP contribution < -0.4 is 4.90 Å². The van der Waals surface area contributed by atoms with Gasteiger partial charge in [-0.3, -0.25) is 4.68 Å². The number of ether oxygens (including phenoxy) is 1.